The number of nitrogens with one attached hydrogen (secondary N) is 1. The highest BCUT2D eigenvalue weighted by atomic mass is 19.1. The van der Waals surface area contributed by atoms with Crippen LogP contribution in [-0.2, 0) is 0 Å². The van der Waals surface area contributed by atoms with Crippen molar-refractivity contribution in [2.45, 2.75) is 6.04 Å². The number of hydrogen-bond donors (Lipinski definition) is 2. The van der Waals surface area contributed by atoms with Crippen LogP contribution in [0.25, 0.3) is 0 Å². The summed E-state index contributed by atoms with van der Waals surface area (Å²) in [6.07, 6.45) is 0. The number of anilines is 1. The lowest BCUT2D eigenvalue weighted by Gasteiger charge is -2.38. The van der Waals surface area contributed by atoms with Crippen molar-refractivity contribution < 1.29 is 14.2 Å². The Balaban J connectivity index is 1.92. The van der Waals surface area contributed by atoms with Gasteiger partial charge in [0.05, 0.1) is 23.9 Å². The molecule has 2 aromatic rings. The minimum absolute atomic E-state index is 0.0191. The second kappa shape index (κ2) is 7.97. The van der Waals surface area contributed by atoms with Gasteiger partial charge in [-0.25, -0.2) is 4.39 Å². The van der Waals surface area contributed by atoms with Crippen LogP contribution < -0.4 is 15.0 Å². The fourth-order valence-electron chi connectivity index (χ4n) is 3.08. The van der Waals surface area contributed by atoms with Gasteiger partial charge in [-0.2, -0.15) is 5.26 Å². The van der Waals surface area contributed by atoms with Crippen LogP contribution in [0.4, 0.5) is 10.1 Å². The van der Waals surface area contributed by atoms with Gasteiger partial charge in [0, 0.05) is 19.6 Å². The number of rotatable bonds is 5. The third-order valence-electron chi connectivity index (χ3n) is 4.26. The number of ether oxygens (including phenoxy) is 1. The van der Waals surface area contributed by atoms with Gasteiger partial charge in [-0.3, -0.25) is 0 Å². The Hall–Kier alpha value is -2.62. The Morgan fingerprint density at radius 3 is 2.80 bits per heavy atom. The molecule has 0 radical (unpaired) electrons. The van der Waals surface area contributed by atoms with Crippen molar-refractivity contribution in [3.8, 4) is 11.8 Å². The first kappa shape index (κ1) is 17.2. The van der Waals surface area contributed by atoms with Gasteiger partial charge in [0.2, 0.25) is 0 Å². The Kier molecular flexibility index (Phi) is 5.49. The standard InChI is InChI=1S/C19H20FN3O2/c20-16-3-1-14(2-4-16)19-13-22-7-8-23(19)18-6-5-17(25-10-9-24)11-15(18)12-21/h1-6,11,19,22,24H,7-10,13H2. The monoisotopic (exact) mass is 341 g/mol. The lowest BCUT2D eigenvalue weighted by atomic mass is 10.0. The van der Waals surface area contributed by atoms with Crippen LogP contribution in [0, 0.1) is 17.1 Å². The highest BCUT2D eigenvalue weighted by Crippen LogP contribution is 2.32. The van der Waals surface area contributed by atoms with Crippen LogP contribution in [-0.4, -0.2) is 38.0 Å². The van der Waals surface area contributed by atoms with E-state index in [1.165, 1.54) is 12.1 Å². The summed E-state index contributed by atoms with van der Waals surface area (Å²) >= 11 is 0. The minimum atomic E-state index is -0.262. The zero-order valence-corrected chi connectivity index (χ0v) is 13.8. The van der Waals surface area contributed by atoms with E-state index in [1.807, 2.05) is 6.07 Å². The van der Waals surface area contributed by atoms with Crippen molar-refractivity contribution >= 4 is 5.69 Å². The summed E-state index contributed by atoms with van der Waals surface area (Å²) < 4.78 is 18.6. The van der Waals surface area contributed by atoms with Crippen LogP contribution in [0.1, 0.15) is 17.2 Å². The largest absolute Gasteiger partial charge is 0.491 e. The van der Waals surface area contributed by atoms with Gasteiger partial charge >= 0.3 is 0 Å². The molecule has 0 amide bonds. The molecule has 2 aromatic carbocycles. The first-order valence-electron chi connectivity index (χ1n) is 8.23. The number of aliphatic hydroxyl groups is 1. The molecule has 0 bridgehead atoms. The van der Waals surface area contributed by atoms with Crippen molar-refractivity contribution in [1.82, 2.24) is 5.32 Å². The number of piperazine rings is 1. The van der Waals surface area contributed by atoms with E-state index in [-0.39, 0.29) is 25.1 Å². The second-order valence-electron chi connectivity index (χ2n) is 5.83. The first-order valence-corrected chi connectivity index (χ1v) is 8.23. The number of nitrogens with zero attached hydrogens (tertiary/aromatic N) is 2. The van der Waals surface area contributed by atoms with E-state index in [1.54, 1.807) is 24.3 Å². The molecule has 5 nitrogen and oxygen atoms in total. The van der Waals surface area contributed by atoms with Gasteiger partial charge in [0.25, 0.3) is 0 Å². The normalized spacial score (nSPS) is 17.2. The van der Waals surface area contributed by atoms with Gasteiger partial charge in [0.1, 0.15) is 24.2 Å². The summed E-state index contributed by atoms with van der Waals surface area (Å²) in [5.41, 5.74) is 2.34. The number of aliphatic hydroxyl groups excluding tert-OH is 1. The molecule has 0 spiro atoms. The molecule has 1 atom stereocenters. The average Bonchev–Trinajstić information content (AvgIpc) is 2.67. The molecule has 25 heavy (non-hydrogen) atoms. The molecule has 6 heteroatoms. The zero-order valence-electron chi connectivity index (χ0n) is 13.8. The van der Waals surface area contributed by atoms with Gasteiger partial charge in [-0.1, -0.05) is 12.1 Å². The summed E-state index contributed by atoms with van der Waals surface area (Å²) in [6.45, 7) is 2.39. The van der Waals surface area contributed by atoms with E-state index in [0.717, 1.165) is 30.9 Å². The lowest BCUT2D eigenvalue weighted by molar-refractivity contribution is 0.201. The smallest absolute Gasteiger partial charge is 0.123 e. The Morgan fingerprint density at radius 1 is 1.28 bits per heavy atom. The fraction of sp³-hybridized carbons (Fsp3) is 0.316. The van der Waals surface area contributed by atoms with Crippen LogP contribution in [0.5, 0.6) is 5.75 Å². The van der Waals surface area contributed by atoms with Crippen LogP contribution in [0.15, 0.2) is 42.5 Å². The van der Waals surface area contributed by atoms with E-state index < -0.39 is 0 Å². The third-order valence-corrected chi connectivity index (χ3v) is 4.26. The van der Waals surface area contributed by atoms with Gasteiger partial charge in [-0.05, 0) is 35.9 Å². The number of nitriles is 1. The summed E-state index contributed by atoms with van der Waals surface area (Å²) in [5, 5.41) is 21.8. The summed E-state index contributed by atoms with van der Waals surface area (Å²) in [7, 11) is 0. The molecule has 1 fully saturated rings. The van der Waals surface area contributed by atoms with Crippen molar-refractivity contribution in [1.29, 1.82) is 5.26 Å². The molecular weight excluding hydrogens is 321 g/mol. The maximum Gasteiger partial charge on any atom is 0.123 e. The van der Waals surface area contributed by atoms with Crippen molar-refractivity contribution in [2.24, 2.45) is 0 Å². The highest BCUT2D eigenvalue weighted by Gasteiger charge is 2.26. The number of halogens is 1. The van der Waals surface area contributed by atoms with Gasteiger partial charge in [-0.15, -0.1) is 0 Å². The topological polar surface area (TPSA) is 68.5 Å². The SMILES string of the molecule is N#Cc1cc(OCCO)ccc1N1CCNCC1c1ccc(F)cc1. The Morgan fingerprint density at radius 2 is 2.08 bits per heavy atom. The molecule has 2 N–H and O–H groups in total. The lowest BCUT2D eigenvalue weighted by Crippen LogP contribution is -2.46. The van der Waals surface area contributed by atoms with E-state index in [0.29, 0.717) is 11.3 Å². The fourth-order valence-corrected chi connectivity index (χ4v) is 3.08. The highest BCUT2D eigenvalue weighted by molar-refractivity contribution is 5.63. The summed E-state index contributed by atoms with van der Waals surface area (Å²) in [5.74, 6) is 0.296. The predicted molar refractivity (Wildman–Crippen MR) is 93.1 cm³/mol. The molecule has 1 aliphatic heterocycles. The van der Waals surface area contributed by atoms with E-state index in [4.69, 9.17) is 9.84 Å². The molecule has 1 unspecified atom stereocenters. The number of hydrogen-bond acceptors (Lipinski definition) is 5. The Bertz CT molecular complexity index is 758. The number of benzene rings is 2. The quantitative estimate of drug-likeness (QED) is 0.873. The molecule has 0 saturated carbocycles. The third kappa shape index (κ3) is 3.90. The van der Waals surface area contributed by atoms with Gasteiger partial charge in [0.15, 0.2) is 0 Å². The van der Waals surface area contributed by atoms with Crippen molar-refractivity contribution in [3.63, 3.8) is 0 Å². The molecule has 3 rings (SSSR count). The zero-order chi connectivity index (χ0) is 17.6. The summed E-state index contributed by atoms with van der Waals surface area (Å²) in [6, 6.07) is 14.1. The van der Waals surface area contributed by atoms with Crippen LogP contribution in [0.2, 0.25) is 0 Å². The molecule has 1 heterocycles. The molecule has 0 aromatic heterocycles. The second-order valence-corrected chi connectivity index (χ2v) is 5.83. The van der Waals surface area contributed by atoms with E-state index in [2.05, 4.69) is 16.3 Å². The average molecular weight is 341 g/mol. The molecule has 0 aliphatic carbocycles. The van der Waals surface area contributed by atoms with Crippen molar-refractivity contribution in [3.05, 3.63) is 59.4 Å². The van der Waals surface area contributed by atoms with Crippen LogP contribution >= 0.6 is 0 Å². The summed E-state index contributed by atoms with van der Waals surface area (Å²) in [4.78, 5) is 2.16. The maximum atomic E-state index is 13.2. The molecule has 1 saturated heterocycles. The molecule has 1 aliphatic rings. The maximum absolute atomic E-state index is 13.2. The minimum Gasteiger partial charge on any atom is -0.491 e. The van der Waals surface area contributed by atoms with Crippen LogP contribution in [0.3, 0.4) is 0 Å². The molecule has 130 valence electrons. The Labute approximate surface area is 146 Å². The predicted octanol–water partition coefficient (Wildman–Crippen LogP) is 2.22. The molecular formula is C19H20FN3O2. The van der Waals surface area contributed by atoms with Crippen molar-refractivity contribution in [2.75, 3.05) is 37.7 Å². The van der Waals surface area contributed by atoms with Gasteiger partial charge < -0.3 is 20.1 Å². The van der Waals surface area contributed by atoms with E-state index in [9.17, 15) is 9.65 Å². The first-order chi connectivity index (χ1) is 12.2. The van der Waals surface area contributed by atoms with E-state index >= 15 is 0 Å².